The molecule has 0 aromatic heterocycles. The van der Waals surface area contributed by atoms with E-state index < -0.39 is 0 Å². The Kier molecular flexibility index (Phi) is 3.57. The molecule has 0 atom stereocenters. The van der Waals surface area contributed by atoms with E-state index in [1.165, 1.54) is 11.1 Å². The van der Waals surface area contributed by atoms with Gasteiger partial charge in [-0.25, -0.2) is 0 Å². The number of hydrogen-bond acceptors (Lipinski definition) is 1. The second kappa shape index (κ2) is 4.33. The van der Waals surface area contributed by atoms with Gasteiger partial charge in [-0.05, 0) is 42.5 Å². The standard InChI is InChI=1S/C12H18ClN/c1-9-4-5-10(11(13)8-9)12(2,3)6-7-14/h4-5,8H,6-7,14H2,1-3H3. The lowest BCUT2D eigenvalue weighted by Crippen LogP contribution is -2.22. The first-order valence-electron chi connectivity index (χ1n) is 4.94. The topological polar surface area (TPSA) is 26.0 Å². The summed E-state index contributed by atoms with van der Waals surface area (Å²) in [4.78, 5) is 0. The number of aryl methyl sites for hydroxylation is 1. The van der Waals surface area contributed by atoms with E-state index in [2.05, 4.69) is 26.0 Å². The van der Waals surface area contributed by atoms with Crippen molar-refractivity contribution in [1.29, 1.82) is 0 Å². The predicted octanol–water partition coefficient (Wildman–Crippen LogP) is 3.27. The Morgan fingerprint density at radius 2 is 2.00 bits per heavy atom. The highest BCUT2D eigenvalue weighted by Crippen LogP contribution is 2.32. The van der Waals surface area contributed by atoms with Crippen LogP contribution in [0, 0.1) is 6.92 Å². The SMILES string of the molecule is Cc1ccc(C(C)(C)CCN)c(Cl)c1. The van der Waals surface area contributed by atoms with Crippen LogP contribution >= 0.6 is 11.6 Å². The molecule has 0 aliphatic rings. The van der Waals surface area contributed by atoms with Crippen molar-refractivity contribution in [3.05, 3.63) is 34.3 Å². The zero-order valence-electron chi connectivity index (χ0n) is 9.10. The average Bonchev–Trinajstić information content (AvgIpc) is 2.02. The van der Waals surface area contributed by atoms with Gasteiger partial charge in [0.25, 0.3) is 0 Å². The van der Waals surface area contributed by atoms with Crippen LogP contribution in [0.3, 0.4) is 0 Å². The molecular weight excluding hydrogens is 194 g/mol. The fraction of sp³-hybridized carbons (Fsp3) is 0.500. The normalized spacial score (nSPS) is 11.8. The minimum Gasteiger partial charge on any atom is -0.330 e. The first-order chi connectivity index (χ1) is 6.47. The third-order valence-corrected chi connectivity index (χ3v) is 2.94. The second-order valence-electron chi connectivity index (χ2n) is 4.41. The van der Waals surface area contributed by atoms with Crippen LogP contribution in [0.2, 0.25) is 5.02 Å². The maximum absolute atomic E-state index is 6.21. The molecule has 2 heteroatoms. The molecule has 2 N–H and O–H groups in total. The van der Waals surface area contributed by atoms with Gasteiger partial charge in [-0.1, -0.05) is 37.6 Å². The lowest BCUT2D eigenvalue weighted by molar-refractivity contribution is 0.488. The number of benzene rings is 1. The van der Waals surface area contributed by atoms with Gasteiger partial charge in [0.1, 0.15) is 0 Å². The van der Waals surface area contributed by atoms with Crippen LogP contribution in [-0.2, 0) is 5.41 Å². The quantitative estimate of drug-likeness (QED) is 0.816. The van der Waals surface area contributed by atoms with Gasteiger partial charge in [0.15, 0.2) is 0 Å². The van der Waals surface area contributed by atoms with Crippen molar-refractivity contribution < 1.29 is 0 Å². The summed E-state index contributed by atoms with van der Waals surface area (Å²) in [6.07, 6.45) is 0.954. The lowest BCUT2D eigenvalue weighted by atomic mass is 9.81. The highest BCUT2D eigenvalue weighted by atomic mass is 35.5. The van der Waals surface area contributed by atoms with E-state index >= 15 is 0 Å². The van der Waals surface area contributed by atoms with Crippen LogP contribution in [-0.4, -0.2) is 6.54 Å². The van der Waals surface area contributed by atoms with Crippen molar-refractivity contribution in [2.45, 2.75) is 32.6 Å². The third-order valence-electron chi connectivity index (χ3n) is 2.62. The highest BCUT2D eigenvalue weighted by Gasteiger charge is 2.21. The van der Waals surface area contributed by atoms with Gasteiger partial charge in [-0.3, -0.25) is 0 Å². The van der Waals surface area contributed by atoms with Crippen molar-refractivity contribution >= 4 is 11.6 Å². The maximum Gasteiger partial charge on any atom is 0.0446 e. The average molecular weight is 212 g/mol. The summed E-state index contributed by atoms with van der Waals surface area (Å²) in [5.74, 6) is 0. The van der Waals surface area contributed by atoms with Crippen molar-refractivity contribution in [1.82, 2.24) is 0 Å². The zero-order valence-corrected chi connectivity index (χ0v) is 9.86. The highest BCUT2D eigenvalue weighted by molar-refractivity contribution is 6.31. The minimum atomic E-state index is 0.0690. The molecule has 0 unspecified atom stereocenters. The number of rotatable bonds is 3. The Balaban J connectivity index is 3.06. The molecule has 1 aromatic carbocycles. The molecule has 1 rings (SSSR count). The van der Waals surface area contributed by atoms with Gasteiger partial charge >= 0.3 is 0 Å². The molecule has 0 saturated heterocycles. The van der Waals surface area contributed by atoms with E-state index in [0.717, 1.165) is 11.4 Å². The van der Waals surface area contributed by atoms with Gasteiger partial charge in [0.2, 0.25) is 0 Å². The maximum atomic E-state index is 6.21. The third kappa shape index (κ3) is 2.49. The predicted molar refractivity (Wildman–Crippen MR) is 62.9 cm³/mol. The van der Waals surface area contributed by atoms with Gasteiger partial charge in [-0.2, -0.15) is 0 Å². The molecule has 14 heavy (non-hydrogen) atoms. The fourth-order valence-electron chi connectivity index (χ4n) is 1.66. The smallest absolute Gasteiger partial charge is 0.0446 e. The van der Waals surface area contributed by atoms with E-state index in [0.29, 0.717) is 6.54 Å². The summed E-state index contributed by atoms with van der Waals surface area (Å²) in [6.45, 7) is 7.09. The van der Waals surface area contributed by atoms with Crippen LogP contribution in [0.25, 0.3) is 0 Å². The molecule has 0 amide bonds. The van der Waals surface area contributed by atoms with Crippen LogP contribution in [0.5, 0.6) is 0 Å². The summed E-state index contributed by atoms with van der Waals surface area (Å²) >= 11 is 6.21. The molecule has 0 fully saturated rings. The largest absolute Gasteiger partial charge is 0.330 e. The number of nitrogens with two attached hydrogens (primary N) is 1. The molecule has 0 spiro atoms. The van der Waals surface area contributed by atoms with E-state index in [1.807, 2.05) is 13.0 Å². The molecule has 1 nitrogen and oxygen atoms in total. The van der Waals surface area contributed by atoms with Crippen molar-refractivity contribution in [3.63, 3.8) is 0 Å². The van der Waals surface area contributed by atoms with Crippen molar-refractivity contribution in [2.24, 2.45) is 5.73 Å². The summed E-state index contributed by atoms with van der Waals surface area (Å²) in [6, 6.07) is 6.21. The first kappa shape index (κ1) is 11.5. The number of halogens is 1. The Hall–Kier alpha value is -0.530. The van der Waals surface area contributed by atoms with Gasteiger partial charge in [-0.15, -0.1) is 0 Å². The van der Waals surface area contributed by atoms with Crippen LogP contribution < -0.4 is 5.73 Å². The molecule has 0 radical (unpaired) electrons. The summed E-state index contributed by atoms with van der Waals surface area (Å²) < 4.78 is 0. The lowest BCUT2D eigenvalue weighted by Gasteiger charge is -2.25. The second-order valence-corrected chi connectivity index (χ2v) is 4.81. The van der Waals surface area contributed by atoms with Gasteiger partial charge in [0, 0.05) is 5.02 Å². The molecule has 1 aromatic rings. The molecule has 0 aliphatic heterocycles. The Labute approximate surface area is 91.3 Å². The Morgan fingerprint density at radius 3 is 2.50 bits per heavy atom. The van der Waals surface area contributed by atoms with E-state index in [4.69, 9.17) is 17.3 Å². The van der Waals surface area contributed by atoms with E-state index in [1.54, 1.807) is 0 Å². The van der Waals surface area contributed by atoms with E-state index in [-0.39, 0.29) is 5.41 Å². The van der Waals surface area contributed by atoms with E-state index in [9.17, 15) is 0 Å². The monoisotopic (exact) mass is 211 g/mol. The van der Waals surface area contributed by atoms with Crippen molar-refractivity contribution in [3.8, 4) is 0 Å². The van der Waals surface area contributed by atoms with Crippen LogP contribution in [0.4, 0.5) is 0 Å². The summed E-state index contributed by atoms with van der Waals surface area (Å²) in [7, 11) is 0. The molecule has 78 valence electrons. The first-order valence-corrected chi connectivity index (χ1v) is 5.32. The molecule has 0 saturated carbocycles. The van der Waals surface area contributed by atoms with Gasteiger partial charge in [0.05, 0.1) is 0 Å². The molecular formula is C12H18ClN. The molecule has 0 heterocycles. The van der Waals surface area contributed by atoms with Crippen molar-refractivity contribution in [2.75, 3.05) is 6.54 Å². The minimum absolute atomic E-state index is 0.0690. The fourth-order valence-corrected chi connectivity index (χ4v) is 2.16. The summed E-state index contributed by atoms with van der Waals surface area (Å²) in [5.41, 5.74) is 8.04. The zero-order chi connectivity index (χ0) is 10.8. The van der Waals surface area contributed by atoms with Gasteiger partial charge < -0.3 is 5.73 Å². The van der Waals surface area contributed by atoms with Crippen LogP contribution in [0.1, 0.15) is 31.4 Å². The molecule has 0 aliphatic carbocycles. The Morgan fingerprint density at radius 1 is 1.36 bits per heavy atom. The molecule has 0 bridgehead atoms. The summed E-state index contributed by atoms with van der Waals surface area (Å²) in [5, 5.41) is 0.850. The Bertz CT molecular complexity index is 318. The van der Waals surface area contributed by atoms with Crippen LogP contribution in [0.15, 0.2) is 18.2 Å². The number of hydrogen-bond donors (Lipinski definition) is 1.